The summed E-state index contributed by atoms with van der Waals surface area (Å²) in [5.74, 6) is -1.22. The Morgan fingerprint density at radius 1 is 1.50 bits per heavy atom. The highest BCUT2D eigenvalue weighted by Gasteiger charge is 2.29. The lowest BCUT2D eigenvalue weighted by atomic mass is 9.91. The van der Waals surface area contributed by atoms with Gasteiger partial charge in [-0.1, -0.05) is 22.0 Å². The maximum absolute atomic E-state index is 11.3. The molecular formula is C14H13BrN2O2S. The lowest BCUT2D eigenvalue weighted by molar-refractivity contribution is -0.139. The Hall–Kier alpha value is -1.40. The molecule has 1 aliphatic rings. The van der Waals surface area contributed by atoms with E-state index in [-0.39, 0.29) is 0 Å². The van der Waals surface area contributed by atoms with Crippen LogP contribution >= 0.6 is 27.3 Å². The lowest BCUT2D eigenvalue weighted by Gasteiger charge is -2.16. The van der Waals surface area contributed by atoms with Crippen molar-refractivity contribution in [1.82, 2.24) is 4.98 Å². The number of benzene rings is 1. The van der Waals surface area contributed by atoms with Crippen molar-refractivity contribution >= 4 is 44.1 Å². The number of nitrogens with zero attached hydrogens (tertiary/aromatic N) is 1. The van der Waals surface area contributed by atoms with Gasteiger partial charge in [-0.25, -0.2) is 4.98 Å². The highest BCUT2D eigenvalue weighted by Crippen LogP contribution is 2.37. The number of carboxylic acid groups (broad SMARTS) is 1. The van der Waals surface area contributed by atoms with E-state index in [1.165, 1.54) is 0 Å². The molecule has 1 aliphatic carbocycles. The number of fused-ring (bicyclic) bond motifs is 1. The molecule has 0 fully saturated rings. The predicted molar refractivity (Wildman–Crippen MR) is 82.9 cm³/mol. The van der Waals surface area contributed by atoms with Gasteiger partial charge >= 0.3 is 5.97 Å². The van der Waals surface area contributed by atoms with E-state index < -0.39 is 11.9 Å². The molecule has 0 amide bonds. The van der Waals surface area contributed by atoms with Gasteiger partial charge in [0.05, 0.1) is 5.69 Å². The van der Waals surface area contributed by atoms with Gasteiger partial charge < -0.3 is 10.4 Å². The number of hydrogen-bond donors (Lipinski definition) is 2. The lowest BCUT2D eigenvalue weighted by Crippen LogP contribution is -2.17. The van der Waals surface area contributed by atoms with Crippen LogP contribution in [0, 0.1) is 0 Å². The first-order chi connectivity index (χ1) is 9.63. The molecule has 0 spiro atoms. The first-order valence-electron chi connectivity index (χ1n) is 6.38. The second-order valence-electron chi connectivity index (χ2n) is 4.75. The van der Waals surface area contributed by atoms with Gasteiger partial charge in [0.25, 0.3) is 0 Å². The number of aliphatic carboxylic acids is 1. The first kappa shape index (κ1) is 13.6. The molecule has 0 saturated carbocycles. The Morgan fingerprint density at radius 2 is 2.35 bits per heavy atom. The van der Waals surface area contributed by atoms with E-state index in [0.717, 1.165) is 38.7 Å². The van der Waals surface area contributed by atoms with Crippen LogP contribution in [0.15, 0.2) is 28.7 Å². The summed E-state index contributed by atoms with van der Waals surface area (Å²) in [5.41, 5.74) is 1.68. The Kier molecular flexibility index (Phi) is 3.76. The standard InChI is InChI=1S/C14H13BrN2O2S/c15-8-3-1-4-9(7-8)16-14-17-12-10(13(18)19)5-2-6-11(12)20-14/h1,3-4,7,10H,2,5-6H2,(H,16,17)(H,18,19). The number of carbonyl (C=O) groups is 1. The smallest absolute Gasteiger partial charge is 0.312 e. The zero-order valence-corrected chi connectivity index (χ0v) is 13.0. The van der Waals surface area contributed by atoms with Crippen molar-refractivity contribution in [3.63, 3.8) is 0 Å². The average molecular weight is 353 g/mol. The summed E-state index contributed by atoms with van der Waals surface area (Å²) < 4.78 is 0.993. The van der Waals surface area contributed by atoms with Crippen LogP contribution in [-0.2, 0) is 11.2 Å². The average Bonchev–Trinajstić information content (AvgIpc) is 2.80. The summed E-state index contributed by atoms with van der Waals surface area (Å²) in [4.78, 5) is 16.9. The van der Waals surface area contributed by atoms with Crippen LogP contribution in [0.4, 0.5) is 10.8 Å². The van der Waals surface area contributed by atoms with E-state index in [1.54, 1.807) is 11.3 Å². The maximum atomic E-state index is 11.3. The van der Waals surface area contributed by atoms with Gasteiger partial charge in [0, 0.05) is 15.0 Å². The largest absolute Gasteiger partial charge is 0.481 e. The van der Waals surface area contributed by atoms with Gasteiger partial charge in [0.15, 0.2) is 5.13 Å². The molecule has 6 heteroatoms. The zero-order valence-electron chi connectivity index (χ0n) is 10.6. The maximum Gasteiger partial charge on any atom is 0.312 e. The summed E-state index contributed by atoms with van der Waals surface area (Å²) in [7, 11) is 0. The van der Waals surface area contributed by atoms with Gasteiger partial charge in [-0.2, -0.15) is 0 Å². The van der Waals surface area contributed by atoms with Gasteiger partial charge in [0.1, 0.15) is 5.92 Å². The van der Waals surface area contributed by atoms with Crippen LogP contribution in [0.2, 0.25) is 0 Å². The third-order valence-corrected chi connectivity index (χ3v) is 4.87. The third-order valence-electron chi connectivity index (χ3n) is 3.33. The van der Waals surface area contributed by atoms with Gasteiger partial charge in [-0.3, -0.25) is 4.79 Å². The number of aryl methyl sites for hydroxylation is 1. The fourth-order valence-corrected chi connectivity index (χ4v) is 3.89. The minimum atomic E-state index is -0.773. The molecule has 20 heavy (non-hydrogen) atoms. The number of carboxylic acids is 1. The van der Waals surface area contributed by atoms with Crippen molar-refractivity contribution in [2.24, 2.45) is 0 Å². The molecule has 2 aromatic rings. The van der Waals surface area contributed by atoms with Crippen molar-refractivity contribution in [3.8, 4) is 0 Å². The fourth-order valence-electron chi connectivity index (χ4n) is 2.40. The topological polar surface area (TPSA) is 62.2 Å². The van der Waals surface area contributed by atoms with Crippen molar-refractivity contribution in [2.75, 3.05) is 5.32 Å². The van der Waals surface area contributed by atoms with E-state index in [1.807, 2.05) is 24.3 Å². The molecule has 1 unspecified atom stereocenters. The summed E-state index contributed by atoms with van der Waals surface area (Å²) >= 11 is 4.98. The minimum Gasteiger partial charge on any atom is -0.481 e. The van der Waals surface area contributed by atoms with Crippen LogP contribution in [0.1, 0.15) is 29.3 Å². The predicted octanol–water partition coefficient (Wildman–Crippen LogP) is 4.15. The second-order valence-corrected chi connectivity index (χ2v) is 6.75. The van der Waals surface area contributed by atoms with Crippen LogP contribution in [0.3, 0.4) is 0 Å². The number of hydrogen-bond acceptors (Lipinski definition) is 4. The van der Waals surface area contributed by atoms with Crippen LogP contribution < -0.4 is 5.32 Å². The minimum absolute atomic E-state index is 0.451. The summed E-state index contributed by atoms with van der Waals surface area (Å²) in [6.45, 7) is 0. The first-order valence-corrected chi connectivity index (χ1v) is 7.99. The number of thiazole rings is 1. The zero-order chi connectivity index (χ0) is 14.1. The molecule has 0 bridgehead atoms. The monoisotopic (exact) mass is 352 g/mol. The van der Waals surface area contributed by atoms with Crippen molar-refractivity contribution in [2.45, 2.75) is 25.2 Å². The molecule has 1 aromatic heterocycles. The highest BCUT2D eigenvalue weighted by molar-refractivity contribution is 9.10. The summed E-state index contributed by atoms with van der Waals surface area (Å²) in [5, 5.41) is 13.3. The van der Waals surface area contributed by atoms with Crippen molar-refractivity contribution in [1.29, 1.82) is 0 Å². The highest BCUT2D eigenvalue weighted by atomic mass is 79.9. The normalized spacial score (nSPS) is 17.6. The Labute approximate surface area is 129 Å². The Morgan fingerprint density at radius 3 is 3.10 bits per heavy atom. The van der Waals surface area contributed by atoms with E-state index in [4.69, 9.17) is 0 Å². The van der Waals surface area contributed by atoms with Gasteiger partial charge in [-0.05, 0) is 37.5 Å². The molecule has 3 rings (SSSR count). The van der Waals surface area contributed by atoms with Crippen LogP contribution in [-0.4, -0.2) is 16.1 Å². The Balaban J connectivity index is 1.87. The molecule has 0 saturated heterocycles. The van der Waals surface area contributed by atoms with Gasteiger partial charge in [0.2, 0.25) is 0 Å². The van der Waals surface area contributed by atoms with E-state index >= 15 is 0 Å². The number of anilines is 2. The SMILES string of the molecule is O=C(O)C1CCCc2sc(Nc3cccc(Br)c3)nc21. The fraction of sp³-hybridized carbons (Fsp3) is 0.286. The van der Waals surface area contributed by atoms with Crippen LogP contribution in [0.5, 0.6) is 0 Å². The third kappa shape index (κ3) is 2.71. The number of aromatic nitrogens is 1. The molecule has 2 N–H and O–H groups in total. The molecule has 4 nitrogen and oxygen atoms in total. The molecule has 1 heterocycles. The quantitative estimate of drug-likeness (QED) is 0.870. The molecule has 104 valence electrons. The Bertz CT molecular complexity index is 656. The van der Waals surface area contributed by atoms with E-state index in [2.05, 4.69) is 26.2 Å². The molecule has 0 radical (unpaired) electrons. The number of halogens is 1. The number of nitrogens with one attached hydrogen (secondary N) is 1. The van der Waals surface area contributed by atoms with E-state index in [0.29, 0.717) is 6.42 Å². The van der Waals surface area contributed by atoms with Crippen molar-refractivity contribution in [3.05, 3.63) is 39.3 Å². The van der Waals surface area contributed by atoms with Crippen molar-refractivity contribution < 1.29 is 9.90 Å². The second kappa shape index (κ2) is 5.54. The summed E-state index contributed by atoms with van der Waals surface area (Å²) in [6, 6.07) is 7.83. The van der Waals surface area contributed by atoms with E-state index in [9.17, 15) is 9.90 Å². The number of rotatable bonds is 3. The van der Waals surface area contributed by atoms with Gasteiger partial charge in [-0.15, -0.1) is 11.3 Å². The van der Waals surface area contributed by atoms with Crippen LogP contribution in [0.25, 0.3) is 0 Å². The molecule has 1 aromatic carbocycles. The molecule has 1 atom stereocenters. The summed E-state index contributed by atoms with van der Waals surface area (Å²) in [6.07, 6.45) is 2.53. The molecule has 0 aliphatic heterocycles. The molecular weight excluding hydrogens is 340 g/mol.